The highest BCUT2D eigenvalue weighted by molar-refractivity contribution is 5.47. The Labute approximate surface area is 96.1 Å². The van der Waals surface area contributed by atoms with Gasteiger partial charge in [-0.1, -0.05) is 6.08 Å². The van der Waals surface area contributed by atoms with Crippen molar-refractivity contribution in [2.24, 2.45) is 0 Å². The van der Waals surface area contributed by atoms with E-state index in [1.54, 1.807) is 6.07 Å². The first-order valence-electron chi connectivity index (χ1n) is 5.55. The van der Waals surface area contributed by atoms with E-state index in [1.807, 2.05) is 19.1 Å². The fraction of sp³-hybridized carbons (Fsp3) is 0.385. The number of allylic oxidation sites excluding steroid dienone is 1. The van der Waals surface area contributed by atoms with E-state index in [4.69, 9.17) is 4.74 Å². The van der Waals surface area contributed by atoms with Crippen molar-refractivity contribution in [3.05, 3.63) is 36.7 Å². The van der Waals surface area contributed by atoms with Crippen LogP contribution in [0.4, 0.5) is 10.1 Å². The van der Waals surface area contributed by atoms with Gasteiger partial charge in [0.1, 0.15) is 0 Å². The molecule has 0 saturated carbocycles. The summed E-state index contributed by atoms with van der Waals surface area (Å²) in [6.45, 7) is 6.78. The Hall–Kier alpha value is -1.51. The van der Waals surface area contributed by atoms with E-state index < -0.39 is 0 Å². The van der Waals surface area contributed by atoms with E-state index >= 15 is 0 Å². The zero-order valence-electron chi connectivity index (χ0n) is 9.63. The third kappa shape index (κ3) is 3.93. The number of benzene rings is 1. The molecule has 1 aromatic carbocycles. The normalized spacial score (nSPS) is 9.88. The lowest BCUT2D eigenvalue weighted by Crippen LogP contribution is -2.02. The van der Waals surface area contributed by atoms with Crippen LogP contribution in [0.25, 0.3) is 0 Å². The molecule has 1 aromatic rings. The van der Waals surface area contributed by atoms with Gasteiger partial charge in [0.25, 0.3) is 0 Å². The summed E-state index contributed by atoms with van der Waals surface area (Å²) in [5, 5.41) is 3.15. The lowest BCUT2D eigenvalue weighted by molar-refractivity contribution is 0.321. The van der Waals surface area contributed by atoms with Gasteiger partial charge in [-0.05, 0) is 31.9 Å². The summed E-state index contributed by atoms with van der Waals surface area (Å²) in [6, 6.07) is 4.93. The molecule has 1 N–H and O–H groups in total. The summed E-state index contributed by atoms with van der Waals surface area (Å²) < 4.78 is 18.5. The van der Waals surface area contributed by atoms with Gasteiger partial charge in [0.2, 0.25) is 0 Å². The maximum atomic E-state index is 13.4. The Bertz CT molecular complexity index is 339. The van der Waals surface area contributed by atoms with Crippen molar-refractivity contribution in [2.75, 3.05) is 18.5 Å². The van der Waals surface area contributed by atoms with Crippen LogP contribution >= 0.6 is 0 Å². The first-order valence-corrected chi connectivity index (χ1v) is 5.55. The van der Waals surface area contributed by atoms with Gasteiger partial charge in [-0.2, -0.15) is 0 Å². The molecule has 2 nitrogen and oxygen atoms in total. The zero-order valence-corrected chi connectivity index (χ0v) is 9.63. The highest BCUT2D eigenvalue weighted by Gasteiger charge is 2.03. The predicted molar refractivity (Wildman–Crippen MR) is 65.5 cm³/mol. The molecule has 0 bridgehead atoms. The molecular weight excluding hydrogens is 205 g/mol. The van der Waals surface area contributed by atoms with Crippen LogP contribution in [0, 0.1) is 5.82 Å². The Kier molecular flexibility index (Phi) is 5.40. The van der Waals surface area contributed by atoms with E-state index in [0.717, 1.165) is 25.1 Å². The summed E-state index contributed by atoms with van der Waals surface area (Å²) in [5.74, 6) is -0.0188. The molecule has 0 aliphatic heterocycles. The number of nitrogens with one attached hydrogen (secondary N) is 1. The number of hydrogen-bond donors (Lipinski definition) is 1. The topological polar surface area (TPSA) is 21.3 Å². The molecule has 16 heavy (non-hydrogen) atoms. The lowest BCUT2D eigenvalue weighted by atomic mass is 10.2. The molecule has 1 rings (SSSR count). The summed E-state index contributed by atoms with van der Waals surface area (Å²) in [7, 11) is 0. The lowest BCUT2D eigenvalue weighted by Gasteiger charge is -2.08. The molecule has 0 radical (unpaired) electrons. The van der Waals surface area contributed by atoms with Crippen molar-refractivity contribution < 1.29 is 9.13 Å². The Morgan fingerprint density at radius 3 is 2.94 bits per heavy atom. The monoisotopic (exact) mass is 223 g/mol. The Morgan fingerprint density at radius 1 is 1.50 bits per heavy atom. The van der Waals surface area contributed by atoms with Gasteiger partial charge in [0.05, 0.1) is 6.61 Å². The number of rotatable bonds is 7. The Morgan fingerprint density at radius 2 is 2.31 bits per heavy atom. The van der Waals surface area contributed by atoms with Gasteiger partial charge in [-0.3, -0.25) is 0 Å². The van der Waals surface area contributed by atoms with Crippen LogP contribution in [-0.4, -0.2) is 13.2 Å². The maximum absolute atomic E-state index is 13.4. The predicted octanol–water partition coefficient (Wildman–Crippen LogP) is 3.60. The standard InChI is InChI=1S/C13H18FNO/c1-3-5-6-9-15-11-7-8-13(16-4-2)12(14)10-11/h3,7-8,10,15H,1,4-6,9H2,2H3. The zero-order chi connectivity index (χ0) is 11.8. The van der Waals surface area contributed by atoms with Gasteiger partial charge in [-0.15, -0.1) is 6.58 Å². The van der Waals surface area contributed by atoms with Crippen LogP contribution in [0.1, 0.15) is 19.8 Å². The van der Waals surface area contributed by atoms with Crippen LogP contribution in [0.2, 0.25) is 0 Å². The smallest absolute Gasteiger partial charge is 0.167 e. The minimum atomic E-state index is -0.324. The second-order valence-corrected chi connectivity index (χ2v) is 3.44. The first-order chi connectivity index (χ1) is 7.77. The molecule has 0 spiro atoms. The van der Waals surface area contributed by atoms with Gasteiger partial charge in [0.15, 0.2) is 11.6 Å². The summed E-state index contributed by atoms with van der Waals surface area (Å²) in [5.41, 5.74) is 0.782. The van der Waals surface area contributed by atoms with Gasteiger partial charge in [-0.25, -0.2) is 4.39 Å². The largest absolute Gasteiger partial charge is 0.491 e. The molecule has 0 aliphatic rings. The van der Waals surface area contributed by atoms with Crippen molar-refractivity contribution in [3.8, 4) is 5.75 Å². The number of halogens is 1. The molecule has 0 amide bonds. The van der Waals surface area contributed by atoms with Crippen molar-refractivity contribution in [1.82, 2.24) is 0 Å². The molecule has 0 unspecified atom stereocenters. The van der Waals surface area contributed by atoms with E-state index in [-0.39, 0.29) is 5.82 Å². The molecule has 0 fully saturated rings. The minimum absolute atomic E-state index is 0.305. The van der Waals surface area contributed by atoms with Crippen LogP contribution in [0.5, 0.6) is 5.75 Å². The third-order valence-electron chi connectivity index (χ3n) is 2.15. The minimum Gasteiger partial charge on any atom is -0.491 e. The Balaban J connectivity index is 2.49. The van der Waals surface area contributed by atoms with E-state index in [9.17, 15) is 4.39 Å². The quantitative estimate of drug-likeness (QED) is 0.563. The average molecular weight is 223 g/mol. The molecule has 0 aromatic heterocycles. The molecule has 88 valence electrons. The SMILES string of the molecule is C=CCCCNc1ccc(OCC)c(F)c1. The number of anilines is 1. The number of hydrogen-bond acceptors (Lipinski definition) is 2. The van der Waals surface area contributed by atoms with Gasteiger partial charge in [0, 0.05) is 18.3 Å². The molecule has 3 heteroatoms. The summed E-state index contributed by atoms with van der Waals surface area (Å²) >= 11 is 0. The molecule has 0 aliphatic carbocycles. The second-order valence-electron chi connectivity index (χ2n) is 3.44. The summed E-state index contributed by atoms with van der Waals surface area (Å²) in [6.07, 6.45) is 3.84. The molecule has 0 saturated heterocycles. The van der Waals surface area contributed by atoms with E-state index in [2.05, 4.69) is 11.9 Å². The molecule has 0 atom stereocenters. The average Bonchev–Trinajstić information content (AvgIpc) is 2.28. The van der Waals surface area contributed by atoms with Crippen molar-refractivity contribution >= 4 is 5.69 Å². The van der Waals surface area contributed by atoms with Gasteiger partial charge >= 0.3 is 0 Å². The van der Waals surface area contributed by atoms with Crippen molar-refractivity contribution in [3.63, 3.8) is 0 Å². The summed E-state index contributed by atoms with van der Waals surface area (Å²) in [4.78, 5) is 0. The number of unbranched alkanes of at least 4 members (excludes halogenated alkanes) is 1. The fourth-order valence-electron chi connectivity index (χ4n) is 1.36. The van der Waals surface area contributed by atoms with Gasteiger partial charge < -0.3 is 10.1 Å². The third-order valence-corrected chi connectivity index (χ3v) is 2.15. The van der Waals surface area contributed by atoms with Crippen molar-refractivity contribution in [1.29, 1.82) is 0 Å². The molecule has 0 heterocycles. The first kappa shape index (κ1) is 12.6. The molecular formula is C13H18FNO. The maximum Gasteiger partial charge on any atom is 0.167 e. The van der Waals surface area contributed by atoms with Crippen LogP contribution in [0.15, 0.2) is 30.9 Å². The van der Waals surface area contributed by atoms with E-state index in [1.165, 1.54) is 6.07 Å². The van der Waals surface area contributed by atoms with Crippen LogP contribution < -0.4 is 10.1 Å². The van der Waals surface area contributed by atoms with Crippen LogP contribution in [-0.2, 0) is 0 Å². The second kappa shape index (κ2) is 6.88. The van der Waals surface area contributed by atoms with Crippen LogP contribution in [0.3, 0.4) is 0 Å². The van der Waals surface area contributed by atoms with E-state index in [0.29, 0.717) is 12.4 Å². The highest BCUT2D eigenvalue weighted by atomic mass is 19.1. The van der Waals surface area contributed by atoms with Crippen molar-refractivity contribution in [2.45, 2.75) is 19.8 Å². The number of ether oxygens (including phenoxy) is 1. The fourth-order valence-corrected chi connectivity index (χ4v) is 1.36. The highest BCUT2D eigenvalue weighted by Crippen LogP contribution is 2.21.